The molecule has 9 aliphatic rings. The summed E-state index contributed by atoms with van der Waals surface area (Å²) >= 11 is 0. The van der Waals surface area contributed by atoms with Crippen LogP contribution in [0.15, 0.2) is 0 Å². The maximum absolute atomic E-state index is 3.41. The Labute approximate surface area is 247 Å². The van der Waals surface area contributed by atoms with E-state index < -0.39 is 0 Å². The molecule has 2 heteroatoms. The molecule has 9 fully saturated rings. The van der Waals surface area contributed by atoms with Gasteiger partial charge in [-0.25, -0.2) is 0 Å². The van der Waals surface area contributed by atoms with Crippen LogP contribution in [-0.4, -0.2) is 46.1 Å². The molecule has 0 spiro atoms. The van der Waals surface area contributed by atoms with Crippen LogP contribution in [-0.2, 0) is 0 Å². The molecule has 0 amide bonds. The quantitative estimate of drug-likeness (QED) is 0.340. The molecule has 40 heavy (non-hydrogen) atoms. The molecule has 9 rings (SSSR count). The topological polar surface area (TPSA) is 6.48 Å². The highest BCUT2D eigenvalue weighted by Crippen LogP contribution is 2.62. The van der Waals surface area contributed by atoms with E-state index in [1.165, 1.54) is 25.7 Å². The number of hydrogen-bond donors (Lipinski definition) is 0. The number of likely N-dealkylation sites (tertiary alicyclic amines) is 2. The van der Waals surface area contributed by atoms with Crippen LogP contribution in [0.3, 0.4) is 0 Å². The molecule has 2 saturated heterocycles. The average molecular weight is 547 g/mol. The monoisotopic (exact) mass is 546 g/mol. The Hall–Kier alpha value is -0.0800. The molecule has 14 unspecified atom stereocenters. The van der Waals surface area contributed by atoms with Crippen molar-refractivity contribution < 1.29 is 0 Å². The highest BCUT2D eigenvalue weighted by atomic mass is 15.3. The first kappa shape index (κ1) is 26.3. The lowest BCUT2D eigenvalue weighted by Crippen LogP contribution is -2.56. The first-order valence-corrected chi connectivity index (χ1v) is 19.4. The van der Waals surface area contributed by atoms with Crippen LogP contribution in [0, 0.1) is 47.3 Å². The molecule has 2 heterocycles. The Balaban J connectivity index is 1.06. The normalized spacial score (nSPS) is 54.9. The van der Waals surface area contributed by atoms with Gasteiger partial charge < -0.3 is 0 Å². The van der Waals surface area contributed by atoms with Crippen LogP contribution >= 0.6 is 0 Å². The Bertz CT molecular complexity index is 824. The maximum atomic E-state index is 3.41. The van der Waals surface area contributed by atoms with E-state index in [9.17, 15) is 0 Å². The highest BCUT2D eigenvalue weighted by Gasteiger charge is 2.64. The molecule has 7 aliphatic carbocycles. The Morgan fingerprint density at radius 2 is 0.575 bits per heavy atom. The number of nitrogens with zero attached hydrogens (tertiary/aromatic N) is 2. The standard InChI is InChI=1S/C38H62N2/c1-3-15-27-25(11-1)13-9-21-31(27)39-33-19-7-5-17-29(33)37-35(39)23-24-36-38(37)30-18-6-8-20-34(30)40(36)32-22-10-14-26-12-2-4-16-28(26)32/h25-38H,1-24H2. The van der Waals surface area contributed by atoms with Gasteiger partial charge in [-0.15, -0.1) is 0 Å². The van der Waals surface area contributed by atoms with Gasteiger partial charge in [-0.3, -0.25) is 9.80 Å². The summed E-state index contributed by atoms with van der Waals surface area (Å²) in [5, 5.41) is 0. The van der Waals surface area contributed by atoms with Crippen molar-refractivity contribution in [1.29, 1.82) is 0 Å². The summed E-state index contributed by atoms with van der Waals surface area (Å²) in [6, 6.07) is 5.82. The van der Waals surface area contributed by atoms with Gasteiger partial charge in [-0.1, -0.05) is 89.9 Å². The van der Waals surface area contributed by atoms with E-state index in [0.717, 1.165) is 83.6 Å². The van der Waals surface area contributed by atoms with Gasteiger partial charge in [0, 0.05) is 36.3 Å². The largest absolute Gasteiger partial charge is 0.294 e. The third kappa shape index (κ3) is 4.05. The van der Waals surface area contributed by atoms with Gasteiger partial charge in [-0.05, 0) is 112 Å². The second-order valence-corrected chi connectivity index (χ2v) is 17.2. The van der Waals surface area contributed by atoms with E-state index in [-0.39, 0.29) is 0 Å². The fourth-order valence-corrected chi connectivity index (χ4v) is 15.0. The SMILES string of the molecule is C1CCC2C(C1)CCCC2N1C2CCCCC2C2C3C4CCCCC4N(C4CCCC5CCCCC54)C3CCC21. The zero-order valence-electron chi connectivity index (χ0n) is 25.9. The van der Waals surface area contributed by atoms with Crippen LogP contribution in [0.5, 0.6) is 0 Å². The Kier molecular flexibility index (Phi) is 7.12. The summed E-state index contributed by atoms with van der Waals surface area (Å²) in [6.07, 6.45) is 37.5. The van der Waals surface area contributed by atoms with Crippen LogP contribution in [0.1, 0.15) is 154 Å². The van der Waals surface area contributed by atoms with Crippen molar-refractivity contribution in [3.8, 4) is 0 Å². The zero-order chi connectivity index (χ0) is 26.2. The van der Waals surface area contributed by atoms with Gasteiger partial charge in [0.05, 0.1) is 0 Å². The second kappa shape index (κ2) is 10.8. The number of rotatable bonds is 2. The highest BCUT2D eigenvalue weighted by molar-refractivity contribution is 5.17. The predicted octanol–water partition coefficient (Wildman–Crippen LogP) is 9.22. The molecule has 2 nitrogen and oxygen atoms in total. The van der Waals surface area contributed by atoms with Crippen molar-refractivity contribution in [2.75, 3.05) is 0 Å². The minimum atomic E-state index is 0.969. The van der Waals surface area contributed by atoms with Gasteiger partial charge in [0.1, 0.15) is 0 Å². The summed E-state index contributed by atoms with van der Waals surface area (Å²) in [5.41, 5.74) is 0. The van der Waals surface area contributed by atoms with Gasteiger partial charge >= 0.3 is 0 Å². The molecule has 0 aromatic heterocycles. The van der Waals surface area contributed by atoms with Gasteiger partial charge in [0.25, 0.3) is 0 Å². The average Bonchev–Trinajstić information content (AvgIpc) is 3.53. The molecule has 0 aromatic carbocycles. The van der Waals surface area contributed by atoms with Crippen molar-refractivity contribution in [3.63, 3.8) is 0 Å². The molecule has 0 radical (unpaired) electrons. The van der Waals surface area contributed by atoms with Crippen LogP contribution in [0.25, 0.3) is 0 Å². The van der Waals surface area contributed by atoms with E-state index in [0.29, 0.717) is 0 Å². The second-order valence-electron chi connectivity index (χ2n) is 17.2. The van der Waals surface area contributed by atoms with Crippen molar-refractivity contribution in [3.05, 3.63) is 0 Å². The van der Waals surface area contributed by atoms with Crippen molar-refractivity contribution in [1.82, 2.24) is 9.80 Å². The lowest BCUT2D eigenvalue weighted by atomic mass is 9.61. The van der Waals surface area contributed by atoms with Crippen molar-refractivity contribution >= 4 is 0 Å². The van der Waals surface area contributed by atoms with Gasteiger partial charge in [0.2, 0.25) is 0 Å². The van der Waals surface area contributed by atoms with Crippen LogP contribution in [0.2, 0.25) is 0 Å². The molecule has 0 aromatic rings. The van der Waals surface area contributed by atoms with E-state index in [4.69, 9.17) is 0 Å². The van der Waals surface area contributed by atoms with E-state index in [2.05, 4.69) is 9.80 Å². The molecule has 2 aliphatic heterocycles. The van der Waals surface area contributed by atoms with Crippen molar-refractivity contribution in [2.24, 2.45) is 47.3 Å². The van der Waals surface area contributed by atoms with Crippen molar-refractivity contribution in [2.45, 2.75) is 190 Å². The summed E-state index contributed by atoms with van der Waals surface area (Å²) < 4.78 is 0. The minimum absolute atomic E-state index is 0.969. The van der Waals surface area contributed by atoms with Crippen LogP contribution in [0.4, 0.5) is 0 Å². The molecular formula is C38H62N2. The smallest absolute Gasteiger partial charge is 0.0137 e. The Morgan fingerprint density at radius 1 is 0.250 bits per heavy atom. The summed E-state index contributed by atoms with van der Waals surface area (Å²) in [6.45, 7) is 0. The number of fused-ring (bicyclic) bond motifs is 9. The predicted molar refractivity (Wildman–Crippen MR) is 165 cm³/mol. The molecule has 224 valence electrons. The third-order valence-electron chi connectivity index (χ3n) is 16.0. The van der Waals surface area contributed by atoms with E-state index >= 15 is 0 Å². The van der Waals surface area contributed by atoms with Crippen LogP contribution < -0.4 is 0 Å². The minimum Gasteiger partial charge on any atom is -0.294 e. The molecule has 7 saturated carbocycles. The first-order chi connectivity index (χ1) is 19.9. The summed E-state index contributed by atoms with van der Waals surface area (Å²) in [4.78, 5) is 6.82. The lowest BCUT2D eigenvalue weighted by molar-refractivity contribution is -0.0302. The summed E-state index contributed by atoms with van der Waals surface area (Å²) in [7, 11) is 0. The number of hydrogen-bond acceptors (Lipinski definition) is 2. The first-order valence-electron chi connectivity index (χ1n) is 19.4. The zero-order valence-corrected chi connectivity index (χ0v) is 25.9. The van der Waals surface area contributed by atoms with E-state index in [1.54, 1.807) is 128 Å². The third-order valence-corrected chi connectivity index (χ3v) is 16.0. The maximum Gasteiger partial charge on any atom is 0.0137 e. The van der Waals surface area contributed by atoms with Gasteiger partial charge in [-0.2, -0.15) is 0 Å². The molecular weight excluding hydrogens is 484 g/mol. The van der Waals surface area contributed by atoms with Gasteiger partial charge in [0.15, 0.2) is 0 Å². The van der Waals surface area contributed by atoms with E-state index in [1.807, 2.05) is 0 Å². The Morgan fingerprint density at radius 3 is 1.05 bits per heavy atom. The fraction of sp³-hybridized carbons (Fsp3) is 1.00. The summed E-state index contributed by atoms with van der Waals surface area (Å²) in [5.74, 6) is 8.56. The molecule has 0 bridgehead atoms. The fourth-order valence-electron chi connectivity index (χ4n) is 15.0. The molecule has 0 N–H and O–H groups in total. The molecule has 14 atom stereocenters. The lowest BCUT2D eigenvalue weighted by Gasteiger charge is -2.52.